The van der Waals surface area contributed by atoms with Crippen molar-refractivity contribution in [3.63, 3.8) is 0 Å². The Labute approximate surface area is 129 Å². The van der Waals surface area contributed by atoms with Crippen molar-refractivity contribution in [2.75, 3.05) is 5.73 Å². The normalized spacial score (nSPS) is 12.0. The summed E-state index contributed by atoms with van der Waals surface area (Å²) in [7, 11) is 0. The van der Waals surface area contributed by atoms with Crippen molar-refractivity contribution < 1.29 is 13.6 Å². The van der Waals surface area contributed by atoms with Crippen LogP contribution >= 0.6 is 15.9 Å². The highest BCUT2D eigenvalue weighted by Gasteiger charge is 2.16. The molecule has 2 aromatic rings. The molecule has 0 fully saturated rings. The average molecular weight is 355 g/mol. The second-order valence-corrected chi connectivity index (χ2v) is 5.45. The molecular formula is C15H13BrF2N2O. The van der Waals surface area contributed by atoms with E-state index in [1.54, 1.807) is 19.1 Å². The Morgan fingerprint density at radius 3 is 2.48 bits per heavy atom. The van der Waals surface area contributed by atoms with E-state index in [0.29, 0.717) is 4.47 Å². The standard InChI is InChI=1S/C15H13BrF2N2O/c1-8(9-2-4-10(17)5-3-9)20-15(21)11-6-14(19)13(18)7-12(11)16/h2-8H,19H2,1H3,(H,20,21). The number of hydrogen-bond donors (Lipinski definition) is 2. The highest BCUT2D eigenvalue weighted by atomic mass is 79.9. The Balaban J connectivity index is 2.18. The van der Waals surface area contributed by atoms with Crippen LogP contribution in [-0.2, 0) is 0 Å². The summed E-state index contributed by atoms with van der Waals surface area (Å²) in [4.78, 5) is 12.2. The van der Waals surface area contributed by atoms with E-state index in [9.17, 15) is 13.6 Å². The van der Waals surface area contributed by atoms with Crippen LogP contribution in [-0.4, -0.2) is 5.91 Å². The number of carbonyl (C=O) groups is 1. The SMILES string of the molecule is CC(NC(=O)c1cc(N)c(F)cc1Br)c1ccc(F)cc1. The topological polar surface area (TPSA) is 55.1 Å². The monoisotopic (exact) mass is 354 g/mol. The molecule has 0 aromatic heterocycles. The molecule has 0 bridgehead atoms. The molecule has 6 heteroatoms. The minimum absolute atomic E-state index is 0.0993. The number of carbonyl (C=O) groups excluding carboxylic acids is 1. The van der Waals surface area contributed by atoms with Crippen molar-refractivity contribution in [2.24, 2.45) is 0 Å². The number of anilines is 1. The van der Waals surface area contributed by atoms with Crippen molar-refractivity contribution in [3.05, 3.63) is 63.6 Å². The second kappa shape index (κ2) is 6.22. The van der Waals surface area contributed by atoms with Gasteiger partial charge < -0.3 is 11.1 Å². The van der Waals surface area contributed by atoms with Crippen LogP contribution in [0, 0.1) is 11.6 Å². The summed E-state index contributed by atoms with van der Waals surface area (Å²) in [5, 5.41) is 2.75. The van der Waals surface area contributed by atoms with Crippen molar-refractivity contribution >= 4 is 27.5 Å². The lowest BCUT2D eigenvalue weighted by atomic mass is 10.1. The number of nitrogens with two attached hydrogens (primary N) is 1. The first-order valence-electron chi connectivity index (χ1n) is 6.19. The van der Waals surface area contributed by atoms with Crippen molar-refractivity contribution in [1.29, 1.82) is 0 Å². The molecule has 0 aliphatic rings. The maximum absolute atomic E-state index is 13.3. The molecule has 2 aromatic carbocycles. The van der Waals surface area contributed by atoms with E-state index in [4.69, 9.17) is 5.73 Å². The van der Waals surface area contributed by atoms with E-state index in [2.05, 4.69) is 21.2 Å². The Bertz CT molecular complexity index is 674. The number of nitrogens with one attached hydrogen (secondary N) is 1. The van der Waals surface area contributed by atoms with Gasteiger partial charge in [0, 0.05) is 4.47 Å². The number of amides is 1. The molecular weight excluding hydrogens is 342 g/mol. The quantitative estimate of drug-likeness (QED) is 0.823. The van der Waals surface area contributed by atoms with Crippen LogP contribution in [0.3, 0.4) is 0 Å². The molecule has 1 unspecified atom stereocenters. The van der Waals surface area contributed by atoms with Crippen LogP contribution in [0.2, 0.25) is 0 Å². The van der Waals surface area contributed by atoms with Gasteiger partial charge in [-0.2, -0.15) is 0 Å². The van der Waals surface area contributed by atoms with Crippen molar-refractivity contribution in [2.45, 2.75) is 13.0 Å². The molecule has 0 saturated carbocycles. The van der Waals surface area contributed by atoms with Crippen LogP contribution < -0.4 is 11.1 Å². The largest absolute Gasteiger partial charge is 0.396 e. The summed E-state index contributed by atoms with van der Waals surface area (Å²) in [5.41, 5.74) is 6.37. The molecule has 0 radical (unpaired) electrons. The molecule has 21 heavy (non-hydrogen) atoms. The summed E-state index contributed by atoms with van der Waals surface area (Å²) in [6.45, 7) is 1.77. The van der Waals surface area contributed by atoms with E-state index >= 15 is 0 Å². The molecule has 3 nitrogen and oxygen atoms in total. The smallest absolute Gasteiger partial charge is 0.252 e. The fourth-order valence-corrected chi connectivity index (χ4v) is 2.34. The molecule has 0 aliphatic heterocycles. The molecule has 0 heterocycles. The maximum Gasteiger partial charge on any atom is 0.252 e. The average Bonchev–Trinajstić information content (AvgIpc) is 2.43. The third-order valence-corrected chi connectivity index (χ3v) is 3.70. The predicted molar refractivity (Wildman–Crippen MR) is 80.8 cm³/mol. The fourth-order valence-electron chi connectivity index (χ4n) is 1.85. The minimum Gasteiger partial charge on any atom is -0.396 e. The van der Waals surface area contributed by atoms with Crippen molar-refractivity contribution in [3.8, 4) is 0 Å². The first-order valence-corrected chi connectivity index (χ1v) is 6.98. The molecule has 0 saturated heterocycles. The number of halogens is 3. The van der Waals surface area contributed by atoms with Gasteiger partial charge in [-0.1, -0.05) is 12.1 Å². The van der Waals surface area contributed by atoms with E-state index in [1.165, 1.54) is 18.2 Å². The lowest BCUT2D eigenvalue weighted by Crippen LogP contribution is -2.27. The van der Waals surface area contributed by atoms with Crippen LogP contribution in [0.5, 0.6) is 0 Å². The van der Waals surface area contributed by atoms with Gasteiger partial charge in [-0.05, 0) is 52.7 Å². The minimum atomic E-state index is -0.593. The van der Waals surface area contributed by atoms with Gasteiger partial charge in [-0.25, -0.2) is 8.78 Å². The zero-order chi connectivity index (χ0) is 15.6. The van der Waals surface area contributed by atoms with Gasteiger partial charge in [0.05, 0.1) is 17.3 Å². The van der Waals surface area contributed by atoms with E-state index in [-0.39, 0.29) is 23.1 Å². The Morgan fingerprint density at radius 2 is 1.86 bits per heavy atom. The summed E-state index contributed by atoms with van der Waals surface area (Å²) in [6, 6.07) is 7.92. The zero-order valence-corrected chi connectivity index (χ0v) is 12.7. The fraction of sp³-hybridized carbons (Fsp3) is 0.133. The highest BCUT2D eigenvalue weighted by Crippen LogP contribution is 2.23. The second-order valence-electron chi connectivity index (χ2n) is 4.60. The number of rotatable bonds is 3. The third-order valence-electron chi connectivity index (χ3n) is 3.05. The molecule has 110 valence electrons. The molecule has 3 N–H and O–H groups in total. The van der Waals surface area contributed by atoms with Gasteiger partial charge in [0.2, 0.25) is 0 Å². The highest BCUT2D eigenvalue weighted by molar-refractivity contribution is 9.10. The van der Waals surface area contributed by atoms with Crippen LogP contribution in [0.15, 0.2) is 40.9 Å². The molecule has 1 amide bonds. The molecule has 2 rings (SSSR count). The van der Waals surface area contributed by atoms with Crippen LogP contribution in [0.25, 0.3) is 0 Å². The maximum atomic E-state index is 13.3. The zero-order valence-electron chi connectivity index (χ0n) is 11.2. The summed E-state index contributed by atoms with van der Waals surface area (Å²) in [6.07, 6.45) is 0. The first kappa shape index (κ1) is 15.4. The summed E-state index contributed by atoms with van der Waals surface area (Å²) in [5.74, 6) is -1.33. The van der Waals surface area contributed by atoms with E-state index in [1.807, 2.05) is 0 Å². The first-order chi connectivity index (χ1) is 9.88. The lowest BCUT2D eigenvalue weighted by molar-refractivity contribution is 0.0939. The van der Waals surface area contributed by atoms with Gasteiger partial charge in [0.1, 0.15) is 11.6 Å². The van der Waals surface area contributed by atoms with Gasteiger partial charge in [0.25, 0.3) is 5.91 Å². The van der Waals surface area contributed by atoms with Crippen LogP contribution in [0.1, 0.15) is 28.9 Å². The van der Waals surface area contributed by atoms with Crippen molar-refractivity contribution in [1.82, 2.24) is 5.32 Å². The number of benzene rings is 2. The molecule has 1 atom stereocenters. The molecule has 0 aliphatic carbocycles. The Hall–Kier alpha value is -1.95. The van der Waals surface area contributed by atoms with Gasteiger partial charge in [-0.3, -0.25) is 4.79 Å². The summed E-state index contributed by atoms with van der Waals surface area (Å²) < 4.78 is 26.5. The number of nitrogen functional groups attached to an aromatic ring is 1. The third kappa shape index (κ3) is 3.58. The predicted octanol–water partition coefficient (Wildman–Crippen LogP) is 3.80. The van der Waals surface area contributed by atoms with Gasteiger partial charge >= 0.3 is 0 Å². The van der Waals surface area contributed by atoms with Gasteiger partial charge in [-0.15, -0.1) is 0 Å². The Kier molecular flexibility index (Phi) is 4.57. The lowest BCUT2D eigenvalue weighted by Gasteiger charge is -2.15. The number of hydrogen-bond acceptors (Lipinski definition) is 2. The Morgan fingerprint density at radius 1 is 1.24 bits per heavy atom. The van der Waals surface area contributed by atoms with E-state index < -0.39 is 11.7 Å². The molecule has 0 spiro atoms. The van der Waals surface area contributed by atoms with E-state index in [0.717, 1.165) is 11.6 Å². The van der Waals surface area contributed by atoms with Crippen LogP contribution in [0.4, 0.5) is 14.5 Å². The van der Waals surface area contributed by atoms with Gasteiger partial charge in [0.15, 0.2) is 0 Å². The summed E-state index contributed by atoms with van der Waals surface area (Å²) >= 11 is 3.13.